The zero-order valence-electron chi connectivity index (χ0n) is 19.2. The lowest BCUT2D eigenvalue weighted by molar-refractivity contribution is -0.120. The van der Waals surface area contributed by atoms with Crippen LogP contribution in [0.5, 0.6) is 0 Å². The average molecular weight is 518 g/mol. The molecular formula is C25H28ClN3O5S. The summed E-state index contributed by atoms with van der Waals surface area (Å²) in [5.41, 5.74) is 1.44. The van der Waals surface area contributed by atoms with E-state index in [0.717, 1.165) is 5.56 Å². The molecule has 4 rings (SSSR count). The maximum atomic E-state index is 13.2. The van der Waals surface area contributed by atoms with Crippen molar-refractivity contribution in [1.82, 2.24) is 14.9 Å². The Morgan fingerprint density at radius 1 is 1.14 bits per heavy atom. The van der Waals surface area contributed by atoms with E-state index < -0.39 is 16.3 Å². The topological polar surface area (TPSA) is 105 Å². The number of benzene rings is 2. The number of carbonyl (C=O) groups excluding carboxylic acids is 2. The summed E-state index contributed by atoms with van der Waals surface area (Å²) in [5.74, 6) is -0.390. The molecule has 35 heavy (non-hydrogen) atoms. The smallest absolute Gasteiger partial charge is 0.251 e. The highest BCUT2D eigenvalue weighted by Crippen LogP contribution is 2.34. The number of piperidine rings is 1. The molecule has 8 nitrogen and oxygen atoms in total. The van der Waals surface area contributed by atoms with Gasteiger partial charge in [0.1, 0.15) is 6.23 Å². The highest BCUT2D eigenvalue weighted by Gasteiger charge is 2.42. The summed E-state index contributed by atoms with van der Waals surface area (Å²) in [6.45, 7) is 4.48. The van der Waals surface area contributed by atoms with Crippen LogP contribution in [0.4, 0.5) is 0 Å². The van der Waals surface area contributed by atoms with E-state index in [-0.39, 0.29) is 35.3 Å². The highest BCUT2D eigenvalue weighted by atomic mass is 35.5. The molecule has 10 heteroatoms. The summed E-state index contributed by atoms with van der Waals surface area (Å²) in [4.78, 5) is 24.1. The van der Waals surface area contributed by atoms with Gasteiger partial charge in [-0.1, -0.05) is 30.3 Å². The minimum absolute atomic E-state index is 0.128. The Morgan fingerprint density at radius 2 is 1.86 bits per heavy atom. The quantitative estimate of drug-likeness (QED) is 0.524. The average Bonchev–Trinajstić information content (AvgIpc) is 3.26. The van der Waals surface area contributed by atoms with Crippen molar-refractivity contribution in [2.24, 2.45) is 5.92 Å². The van der Waals surface area contributed by atoms with Crippen LogP contribution in [0, 0.1) is 5.92 Å². The van der Waals surface area contributed by atoms with Crippen LogP contribution in [0.25, 0.3) is 0 Å². The molecule has 2 aromatic carbocycles. The van der Waals surface area contributed by atoms with E-state index in [1.54, 1.807) is 12.1 Å². The van der Waals surface area contributed by atoms with Gasteiger partial charge in [-0.2, -0.15) is 4.31 Å². The van der Waals surface area contributed by atoms with Gasteiger partial charge in [0.2, 0.25) is 15.9 Å². The van der Waals surface area contributed by atoms with E-state index in [2.05, 4.69) is 17.2 Å². The van der Waals surface area contributed by atoms with Crippen LogP contribution >= 0.6 is 11.6 Å². The number of ether oxygens (including phenoxy) is 1. The number of hydrogen-bond acceptors (Lipinski definition) is 5. The molecule has 3 unspecified atom stereocenters. The van der Waals surface area contributed by atoms with Crippen molar-refractivity contribution in [2.75, 3.05) is 19.6 Å². The molecular weight excluding hydrogens is 490 g/mol. The number of carbonyl (C=O) groups is 2. The molecule has 186 valence electrons. The predicted octanol–water partition coefficient (Wildman–Crippen LogP) is 2.74. The molecule has 3 atom stereocenters. The van der Waals surface area contributed by atoms with Gasteiger partial charge < -0.3 is 15.4 Å². The van der Waals surface area contributed by atoms with Crippen LogP contribution in [-0.4, -0.2) is 56.5 Å². The standard InChI is InChI=1S/C25H28ClN3O5S/c1-2-23(30)28-24-15-19-12-14-29(16-22(19)34-24)35(32,33)21-9-5-18(6-10-21)25(31)27-13-11-17-3-7-20(26)8-4-17/h2-10,19,22,24H,1,11-16H2,(H,27,31)(H,28,30). The SMILES string of the molecule is C=CC(=O)NC1CC2CCN(S(=O)(=O)c3ccc(C(=O)NCCc4ccc(Cl)cc4)cc3)CC2O1. The molecule has 2 N–H and O–H groups in total. The molecule has 0 spiro atoms. The Balaban J connectivity index is 1.32. The second-order valence-corrected chi connectivity index (χ2v) is 11.1. The van der Waals surface area contributed by atoms with Gasteiger partial charge in [0, 0.05) is 30.2 Å². The summed E-state index contributed by atoms with van der Waals surface area (Å²) >= 11 is 5.88. The Hall–Kier alpha value is -2.72. The van der Waals surface area contributed by atoms with E-state index in [1.165, 1.54) is 34.6 Å². The lowest BCUT2D eigenvalue weighted by atomic mass is 9.94. The summed E-state index contributed by atoms with van der Waals surface area (Å²) in [7, 11) is -3.74. The molecule has 2 heterocycles. The molecule has 0 bridgehead atoms. The molecule has 0 aliphatic carbocycles. The van der Waals surface area contributed by atoms with Gasteiger partial charge in [-0.25, -0.2) is 8.42 Å². The second-order valence-electron chi connectivity index (χ2n) is 8.68. The molecule has 2 fully saturated rings. The van der Waals surface area contributed by atoms with Crippen LogP contribution in [-0.2, 0) is 26.0 Å². The van der Waals surface area contributed by atoms with Gasteiger partial charge in [0.15, 0.2) is 0 Å². The third-order valence-electron chi connectivity index (χ3n) is 6.37. The van der Waals surface area contributed by atoms with E-state index in [1.807, 2.05) is 12.1 Å². The summed E-state index contributed by atoms with van der Waals surface area (Å²) in [6.07, 6.45) is 2.44. The minimum atomic E-state index is -3.74. The van der Waals surface area contributed by atoms with E-state index in [0.29, 0.717) is 42.9 Å². The monoisotopic (exact) mass is 517 g/mol. The van der Waals surface area contributed by atoms with Gasteiger partial charge in [-0.15, -0.1) is 0 Å². The van der Waals surface area contributed by atoms with Crippen molar-refractivity contribution in [2.45, 2.75) is 36.5 Å². The fourth-order valence-corrected chi connectivity index (χ4v) is 6.02. The fraction of sp³-hybridized carbons (Fsp3) is 0.360. The first-order valence-corrected chi connectivity index (χ1v) is 13.3. The first-order valence-electron chi connectivity index (χ1n) is 11.5. The van der Waals surface area contributed by atoms with Gasteiger partial charge in [-0.3, -0.25) is 9.59 Å². The number of sulfonamides is 1. The van der Waals surface area contributed by atoms with Gasteiger partial charge in [0.25, 0.3) is 5.91 Å². The van der Waals surface area contributed by atoms with Crippen LogP contribution in [0.3, 0.4) is 0 Å². The first-order chi connectivity index (χ1) is 16.8. The summed E-state index contributed by atoms with van der Waals surface area (Å²) in [5, 5.41) is 6.23. The second kappa shape index (κ2) is 10.9. The lowest BCUT2D eigenvalue weighted by Crippen LogP contribution is -2.45. The molecule has 2 aromatic rings. The molecule has 0 saturated carbocycles. The van der Waals surface area contributed by atoms with E-state index in [9.17, 15) is 18.0 Å². The van der Waals surface area contributed by atoms with Crippen molar-refractivity contribution in [3.05, 3.63) is 77.3 Å². The number of fused-ring (bicyclic) bond motifs is 1. The number of hydrogen-bond donors (Lipinski definition) is 2. The number of rotatable bonds is 8. The van der Waals surface area contributed by atoms with Crippen molar-refractivity contribution >= 4 is 33.4 Å². The van der Waals surface area contributed by atoms with Gasteiger partial charge in [0.05, 0.1) is 11.0 Å². The molecule has 0 radical (unpaired) electrons. The summed E-state index contributed by atoms with van der Waals surface area (Å²) < 4.78 is 33.7. The van der Waals surface area contributed by atoms with Crippen LogP contribution in [0.1, 0.15) is 28.8 Å². The molecule has 2 amide bonds. The Labute approximate surface area is 210 Å². The zero-order chi connectivity index (χ0) is 25.0. The Morgan fingerprint density at radius 3 is 2.54 bits per heavy atom. The van der Waals surface area contributed by atoms with Crippen molar-refractivity contribution < 1.29 is 22.7 Å². The Bertz CT molecular complexity index is 1180. The summed E-state index contributed by atoms with van der Waals surface area (Å²) in [6, 6.07) is 13.4. The Kier molecular flexibility index (Phi) is 7.91. The molecule has 2 saturated heterocycles. The fourth-order valence-electron chi connectivity index (χ4n) is 4.43. The van der Waals surface area contributed by atoms with Crippen LogP contribution in [0.15, 0.2) is 66.1 Å². The van der Waals surface area contributed by atoms with Crippen molar-refractivity contribution in [3.63, 3.8) is 0 Å². The van der Waals surface area contributed by atoms with Crippen LogP contribution in [0.2, 0.25) is 5.02 Å². The largest absolute Gasteiger partial charge is 0.354 e. The number of nitrogens with one attached hydrogen (secondary N) is 2. The lowest BCUT2D eigenvalue weighted by Gasteiger charge is -2.33. The zero-order valence-corrected chi connectivity index (χ0v) is 20.7. The minimum Gasteiger partial charge on any atom is -0.354 e. The predicted molar refractivity (Wildman–Crippen MR) is 132 cm³/mol. The number of amides is 2. The van der Waals surface area contributed by atoms with Crippen molar-refractivity contribution in [3.8, 4) is 0 Å². The molecule has 2 aliphatic rings. The maximum Gasteiger partial charge on any atom is 0.251 e. The van der Waals surface area contributed by atoms with Gasteiger partial charge >= 0.3 is 0 Å². The van der Waals surface area contributed by atoms with E-state index >= 15 is 0 Å². The van der Waals surface area contributed by atoms with E-state index in [4.69, 9.17) is 16.3 Å². The number of nitrogens with zero attached hydrogens (tertiary/aromatic N) is 1. The number of halogens is 1. The maximum absolute atomic E-state index is 13.2. The van der Waals surface area contributed by atoms with Crippen LogP contribution < -0.4 is 10.6 Å². The van der Waals surface area contributed by atoms with Crippen molar-refractivity contribution in [1.29, 1.82) is 0 Å². The molecule has 0 aromatic heterocycles. The normalized spacial score (nSPS) is 22.3. The highest BCUT2D eigenvalue weighted by molar-refractivity contribution is 7.89. The molecule has 2 aliphatic heterocycles. The third-order valence-corrected chi connectivity index (χ3v) is 8.50. The first kappa shape index (κ1) is 25.4. The third kappa shape index (κ3) is 6.10. The van der Waals surface area contributed by atoms with Gasteiger partial charge in [-0.05, 0) is 73.2 Å².